The van der Waals surface area contributed by atoms with E-state index in [1.165, 1.54) is 38.5 Å². The zero-order chi connectivity index (χ0) is 26.3. The summed E-state index contributed by atoms with van der Waals surface area (Å²) in [5.74, 6) is 2.10. The van der Waals surface area contributed by atoms with Gasteiger partial charge in [-0.3, -0.25) is 0 Å². The molecule has 3 nitrogen and oxygen atoms in total. The number of unbranched alkanes of at least 4 members (excludes halogenated alkanes) is 2. The lowest BCUT2D eigenvalue weighted by Crippen LogP contribution is -2.36. The molecule has 0 aromatic rings. The van der Waals surface area contributed by atoms with Crippen molar-refractivity contribution >= 4 is 0 Å². The number of aliphatic hydroxyl groups excluding tert-OH is 2. The number of hydrogen-bond donors (Lipinski definition) is 3. The third-order valence-corrected chi connectivity index (χ3v) is 10.3. The maximum atomic E-state index is 11.3. The Hall–Kier alpha value is -0.900. The molecular weight excluding hydrogens is 444 g/mol. The molecule has 0 spiro atoms. The van der Waals surface area contributed by atoms with Gasteiger partial charge in [0.05, 0.1) is 17.8 Å². The van der Waals surface area contributed by atoms with Crippen LogP contribution in [0.25, 0.3) is 0 Å². The first-order valence-electron chi connectivity index (χ1n) is 15.3. The zero-order valence-electron chi connectivity index (χ0n) is 23.9. The molecule has 0 aromatic carbocycles. The van der Waals surface area contributed by atoms with E-state index in [0.717, 1.165) is 68.4 Å². The molecule has 0 amide bonds. The molecule has 3 N–H and O–H groups in total. The lowest BCUT2D eigenvalue weighted by Gasteiger charge is -2.44. The summed E-state index contributed by atoms with van der Waals surface area (Å²) in [6, 6.07) is 0. The standard InChI is InChI=1S/C33H56O3/c1-6-8-19-33(36,20-9-7-2)21-10-12-24(3)29-16-17-30-26(13-11-18-32(29,30)5)14-15-27-22-28(34)23-31(35)25(27)4/h14-15,24,28-31,34-36H,4,6-13,16-23H2,1-3,5H3/b26-14+,27-15+/t24-,28-,29-,30+,31+,32-/m1/s1. The number of aliphatic hydroxyl groups is 3. The van der Waals surface area contributed by atoms with Crippen molar-refractivity contribution in [2.75, 3.05) is 0 Å². The van der Waals surface area contributed by atoms with Crippen LogP contribution in [0.5, 0.6) is 0 Å². The number of rotatable bonds is 12. The van der Waals surface area contributed by atoms with Crippen LogP contribution in [-0.2, 0) is 0 Å². The molecule has 0 aliphatic heterocycles. The second-order valence-corrected chi connectivity index (χ2v) is 13.0. The maximum absolute atomic E-state index is 11.3. The van der Waals surface area contributed by atoms with E-state index in [4.69, 9.17) is 0 Å². The van der Waals surface area contributed by atoms with Gasteiger partial charge in [0.1, 0.15) is 0 Å². The van der Waals surface area contributed by atoms with Crippen molar-refractivity contribution in [2.24, 2.45) is 23.2 Å². The smallest absolute Gasteiger partial charge is 0.0811 e. The van der Waals surface area contributed by atoms with E-state index in [1.807, 2.05) is 0 Å². The Morgan fingerprint density at radius 1 is 1.06 bits per heavy atom. The number of hydrogen-bond acceptors (Lipinski definition) is 3. The Morgan fingerprint density at radius 2 is 1.72 bits per heavy atom. The van der Waals surface area contributed by atoms with Crippen LogP contribution in [0.1, 0.15) is 130 Å². The Labute approximate surface area is 222 Å². The summed E-state index contributed by atoms with van der Waals surface area (Å²) < 4.78 is 0. The van der Waals surface area contributed by atoms with Crippen molar-refractivity contribution in [3.05, 3.63) is 35.5 Å². The van der Waals surface area contributed by atoms with Crippen molar-refractivity contribution in [1.82, 2.24) is 0 Å². The van der Waals surface area contributed by atoms with Crippen LogP contribution in [0.4, 0.5) is 0 Å². The van der Waals surface area contributed by atoms with Crippen LogP contribution in [-0.4, -0.2) is 33.1 Å². The quantitative estimate of drug-likeness (QED) is 0.254. The molecule has 0 aromatic heterocycles. The highest BCUT2D eigenvalue weighted by atomic mass is 16.3. The molecule has 0 saturated heterocycles. The van der Waals surface area contributed by atoms with E-state index >= 15 is 0 Å². The lowest BCUT2D eigenvalue weighted by molar-refractivity contribution is 0.00520. The average molecular weight is 501 g/mol. The fourth-order valence-electron chi connectivity index (χ4n) is 8.02. The molecule has 3 aliphatic rings. The van der Waals surface area contributed by atoms with Gasteiger partial charge in [-0.15, -0.1) is 0 Å². The molecular formula is C33H56O3. The second-order valence-electron chi connectivity index (χ2n) is 13.0. The van der Waals surface area contributed by atoms with Gasteiger partial charge in [-0.05, 0) is 92.1 Å². The molecule has 206 valence electrons. The van der Waals surface area contributed by atoms with Crippen LogP contribution in [0.3, 0.4) is 0 Å². The van der Waals surface area contributed by atoms with Crippen molar-refractivity contribution in [3.8, 4) is 0 Å². The minimum Gasteiger partial charge on any atom is -0.393 e. The Balaban J connectivity index is 1.62. The van der Waals surface area contributed by atoms with Crippen molar-refractivity contribution in [1.29, 1.82) is 0 Å². The highest BCUT2D eigenvalue weighted by molar-refractivity contribution is 5.38. The SMILES string of the molecule is C=C1/C(=C/C=C2\CCC[C@]3(C)[C@@H]([C@H](C)CCCC(O)(CCCC)CCCC)CC[C@@H]23)C[C@@H](O)C[C@@H]1O. The van der Waals surface area contributed by atoms with E-state index in [1.54, 1.807) is 5.57 Å². The molecule has 0 bridgehead atoms. The van der Waals surface area contributed by atoms with Gasteiger partial charge >= 0.3 is 0 Å². The zero-order valence-corrected chi connectivity index (χ0v) is 23.9. The third kappa shape index (κ3) is 7.14. The van der Waals surface area contributed by atoms with Crippen LogP contribution in [0, 0.1) is 23.2 Å². The Bertz CT molecular complexity index is 772. The normalized spacial score (nSPS) is 34.4. The topological polar surface area (TPSA) is 60.7 Å². The fraction of sp³-hybridized carbons (Fsp3) is 0.818. The second kappa shape index (κ2) is 13.3. The van der Waals surface area contributed by atoms with Gasteiger partial charge in [-0.1, -0.05) is 90.5 Å². The summed E-state index contributed by atoms with van der Waals surface area (Å²) in [6.07, 6.45) is 20.6. The lowest BCUT2D eigenvalue weighted by atomic mass is 9.60. The maximum Gasteiger partial charge on any atom is 0.0811 e. The summed E-state index contributed by atoms with van der Waals surface area (Å²) in [6.45, 7) is 13.6. The summed E-state index contributed by atoms with van der Waals surface area (Å²) >= 11 is 0. The molecule has 6 atom stereocenters. The average Bonchev–Trinajstić information content (AvgIpc) is 3.20. The molecule has 3 heteroatoms. The van der Waals surface area contributed by atoms with Gasteiger partial charge in [0.15, 0.2) is 0 Å². The van der Waals surface area contributed by atoms with Gasteiger partial charge in [0.25, 0.3) is 0 Å². The molecule has 3 fully saturated rings. The third-order valence-electron chi connectivity index (χ3n) is 10.3. The predicted molar refractivity (Wildman–Crippen MR) is 152 cm³/mol. The molecule has 0 heterocycles. The van der Waals surface area contributed by atoms with E-state index in [0.29, 0.717) is 30.1 Å². The van der Waals surface area contributed by atoms with E-state index in [9.17, 15) is 15.3 Å². The summed E-state index contributed by atoms with van der Waals surface area (Å²) in [7, 11) is 0. The van der Waals surface area contributed by atoms with Crippen molar-refractivity contribution in [3.63, 3.8) is 0 Å². The van der Waals surface area contributed by atoms with Crippen LogP contribution in [0.15, 0.2) is 35.5 Å². The minimum atomic E-state index is -0.617. The molecule has 3 rings (SSSR count). The monoisotopic (exact) mass is 500 g/mol. The Kier molecular flexibility index (Phi) is 10.9. The van der Waals surface area contributed by atoms with Gasteiger partial charge < -0.3 is 15.3 Å². The van der Waals surface area contributed by atoms with Crippen LogP contribution < -0.4 is 0 Å². The largest absolute Gasteiger partial charge is 0.393 e. The predicted octanol–water partition coefficient (Wildman–Crippen LogP) is 8.05. The number of allylic oxidation sites excluding steroid dienone is 3. The van der Waals surface area contributed by atoms with E-state index in [-0.39, 0.29) is 0 Å². The molecule has 0 radical (unpaired) electrons. The molecule has 3 aliphatic carbocycles. The highest BCUT2D eigenvalue weighted by Crippen LogP contribution is 2.60. The van der Waals surface area contributed by atoms with E-state index in [2.05, 4.69) is 46.4 Å². The van der Waals surface area contributed by atoms with Crippen molar-refractivity contribution in [2.45, 2.75) is 148 Å². The Morgan fingerprint density at radius 3 is 2.39 bits per heavy atom. The summed E-state index contributed by atoms with van der Waals surface area (Å²) in [5, 5.41) is 31.6. The first-order valence-corrected chi connectivity index (χ1v) is 15.3. The highest BCUT2D eigenvalue weighted by Gasteiger charge is 2.50. The fourth-order valence-corrected chi connectivity index (χ4v) is 8.02. The first kappa shape index (κ1) is 29.7. The van der Waals surface area contributed by atoms with Gasteiger partial charge in [0, 0.05) is 6.42 Å². The molecule has 3 saturated carbocycles. The van der Waals surface area contributed by atoms with Crippen LogP contribution in [0.2, 0.25) is 0 Å². The van der Waals surface area contributed by atoms with Crippen LogP contribution >= 0.6 is 0 Å². The van der Waals surface area contributed by atoms with Gasteiger partial charge in [-0.2, -0.15) is 0 Å². The molecule has 36 heavy (non-hydrogen) atoms. The van der Waals surface area contributed by atoms with Gasteiger partial charge in [-0.25, -0.2) is 0 Å². The number of fused-ring (bicyclic) bond motifs is 1. The summed E-state index contributed by atoms with van der Waals surface area (Å²) in [4.78, 5) is 0. The van der Waals surface area contributed by atoms with Gasteiger partial charge in [0.2, 0.25) is 0 Å². The summed E-state index contributed by atoms with van der Waals surface area (Å²) in [5.41, 5.74) is 3.29. The minimum absolute atomic E-state index is 0.366. The van der Waals surface area contributed by atoms with E-state index < -0.39 is 17.8 Å². The van der Waals surface area contributed by atoms with Crippen molar-refractivity contribution < 1.29 is 15.3 Å². The molecule has 0 unspecified atom stereocenters. The first-order chi connectivity index (χ1) is 17.1.